The van der Waals surface area contributed by atoms with Crippen LogP contribution in [0.25, 0.3) is 0 Å². The number of halogens is 6. The molecule has 0 spiro atoms. The zero-order valence-electron chi connectivity index (χ0n) is 16.9. The summed E-state index contributed by atoms with van der Waals surface area (Å²) in [4.78, 5) is 13.3. The zero-order valence-corrected chi connectivity index (χ0v) is 16.9. The molecule has 0 aliphatic carbocycles. The van der Waals surface area contributed by atoms with Gasteiger partial charge in [-0.15, -0.1) is 0 Å². The van der Waals surface area contributed by atoms with Crippen LogP contribution in [0.1, 0.15) is 41.1 Å². The fourth-order valence-electron chi connectivity index (χ4n) is 3.96. The van der Waals surface area contributed by atoms with Crippen LogP contribution in [0.5, 0.6) is 0 Å². The van der Waals surface area contributed by atoms with Crippen LogP contribution in [0, 0.1) is 0 Å². The van der Waals surface area contributed by atoms with E-state index >= 15 is 0 Å². The molecule has 4 nitrogen and oxygen atoms in total. The summed E-state index contributed by atoms with van der Waals surface area (Å²) in [6.07, 6.45) is -9.23. The second kappa shape index (κ2) is 9.50. The van der Waals surface area contributed by atoms with Crippen molar-refractivity contribution in [2.75, 3.05) is 13.1 Å². The van der Waals surface area contributed by atoms with Crippen molar-refractivity contribution in [3.63, 3.8) is 0 Å². The van der Waals surface area contributed by atoms with Gasteiger partial charge in [0.2, 0.25) is 5.91 Å². The van der Waals surface area contributed by atoms with E-state index in [1.54, 1.807) is 12.1 Å². The summed E-state index contributed by atoms with van der Waals surface area (Å²) in [5.74, 6) is -0.542. The van der Waals surface area contributed by atoms with Gasteiger partial charge in [0.25, 0.3) is 0 Å². The van der Waals surface area contributed by atoms with Gasteiger partial charge in [-0.2, -0.15) is 26.3 Å². The third-order valence-electron chi connectivity index (χ3n) is 5.29. The molecule has 10 heteroatoms. The van der Waals surface area contributed by atoms with Crippen molar-refractivity contribution < 1.29 is 35.9 Å². The highest BCUT2D eigenvalue weighted by Gasteiger charge is 2.38. The number of primary amides is 1. The smallest absolute Gasteiger partial charge is 0.372 e. The van der Waals surface area contributed by atoms with Crippen LogP contribution in [0.4, 0.5) is 26.3 Å². The summed E-state index contributed by atoms with van der Waals surface area (Å²) < 4.78 is 84.6. The number of rotatable bonds is 6. The minimum Gasteiger partial charge on any atom is -0.372 e. The van der Waals surface area contributed by atoms with Gasteiger partial charge in [-0.05, 0) is 48.7 Å². The largest absolute Gasteiger partial charge is 0.416 e. The Morgan fingerprint density at radius 1 is 1.00 bits per heavy atom. The third kappa shape index (κ3) is 6.01. The molecule has 0 bridgehead atoms. The average molecular weight is 460 g/mol. The van der Waals surface area contributed by atoms with Gasteiger partial charge in [-0.3, -0.25) is 9.69 Å². The Morgan fingerprint density at radius 2 is 1.59 bits per heavy atom. The fourth-order valence-corrected chi connectivity index (χ4v) is 3.96. The topological polar surface area (TPSA) is 55.6 Å². The molecule has 0 unspecified atom stereocenters. The van der Waals surface area contributed by atoms with Gasteiger partial charge in [0, 0.05) is 0 Å². The predicted molar refractivity (Wildman–Crippen MR) is 104 cm³/mol. The first-order valence-corrected chi connectivity index (χ1v) is 9.92. The van der Waals surface area contributed by atoms with Crippen LogP contribution in [-0.2, 0) is 28.5 Å². The molecule has 2 aromatic rings. The van der Waals surface area contributed by atoms with Crippen molar-refractivity contribution in [2.24, 2.45) is 5.73 Å². The van der Waals surface area contributed by atoms with Crippen LogP contribution in [0.15, 0.2) is 48.5 Å². The number of hydrogen-bond acceptors (Lipinski definition) is 3. The van der Waals surface area contributed by atoms with E-state index in [9.17, 15) is 31.1 Å². The van der Waals surface area contributed by atoms with Gasteiger partial charge in [0.1, 0.15) is 0 Å². The van der Waals surface area contributed by atoms with E-state index in [4.69, 9.17) is 10.5 Å². The first kappa shape index (κ1) is 24.1. The lowest BCUT2D eigenvalue weighted by atomic mass is 9.92. The quantitative estimate of drug-likeness (QED) is 0.622. The van der Waals surface area contributed by atoms with Crippen molar-refractivity contribution in [1.82, 2.24) is 4.90 Å². The molecule has 0 saturated carbocycles. The highest BCUT2D eigenvalue weighted by Crippen LogP contribution is 2.37. The Bertz CT molecular complexity index is 898. The van der Waals surface area contributed by atoms with E-state index in [0.29, 0.717) is 31.5 Å². The van der Waals surface area contributed by atoms with E-state index in [0.717, 1.165) is 5.56 Å². The Balaban J connectivity index is 1.87. The van der Waals surface area contributed by atoms with E-state index in [2.05, 4.69) is 0 Å². The molecule has 3 rings (SSSR count). The normalized spacial score (nSPS) is 20.3. The molecular formula is C22H22F6N2O2. The third-order valence-corrected chi connectivity index (χ3v) is 5.29. The van der Waals surface area contributed by atoms with Crippen LogP contribution in [0.2, 0.25) is 0 Å². The number of piperidine rings is 1. The maximum atomic E-state index is 13.1. The molecular weight excluding hydrogens is 438 g/mol. The van der Waals surface area contributed by atoms with Crippen LogP contribution in [0.3, 0.4) is 0 Å². The zero-order chi connectivity index (χ0) is 23.5. The lowest BCUT2D eigenvalue weighted by Crippen LogP contribution is -2.46. The van der Waals surface area contributed by atoms with Crippen molar-refractivity contribution in [2.45, 2.75) is 43.9 Å². The SMILES string of the molecule is NC(=O)CN1CCC[C@H](OCc2cc(C(F)(F)F)cc(C(F)(F)F)c2)[C@@H]1c1ccccc1. The molecule has 1 saturated heterocycles. The molecule has 2 atom stereocenters. The molecule has 2 N–H and O–H groups in total. The van der Waals surface area contributed by atoms with E-state index in [1.165, 1.54) is 0 Å². The highest BCUT2D eigenvalue weighted by atomic mass is 19.4. The molecule has 2 aromatic carbocycles. The number of nitrogens with two attached hydrogens (primary N) is 1. The highest BCUT2D eigenvalue weighted by molar-refractivity contribution is 5.76. The summed E-state index contributed by atoms with van der Waals surface area (Å²) in [6.45, 7) is 0.0801. The summed E-state index contributed by atoms with van der Waals surface area (Å²) >= 11 is 0. The van der Waals surface area contributed by atoms with Gasteiger partial charge in [-0.25, -0.2) is 0 Å². The second-order valence-corrected chi connectivity index (χ2v) is 7.70. The number of alkyl halides is 6. The summed E-state index contributed by atoms with van der Waals surface area (Å²) in [5, 5.41) is 0. The van der Waals surface area contributed by atoms with Gasteiger partial charge >= 0.3 is 12.4 Å². The standard InChI is InChI=1S/C22H22F6N2O2/c23-21(24,25)16-9-14(10-17(11-16)22(26,27)28)13-32-18-7-4-8-30(12-19(29)31)20(18)15-5-2-1-3-6-15/h1-3,5-6,9-11,18,20H,4,7-8,12-13H2,(H2,29,31)/t18-,20-/m0/s1. The van der Waals surface area contributed by atoms with Crippen LogP contribution < -0.4 is 5.73 Å². The maximum absolute atomic E-state index is 13.1. The molecule has 174 valence electrons. The summed E-state index contributed by atoms with van der Waals surface area (Å²) in [7, 11) is 0. The molecule has 32 heavy (non-hydrogen) atoms. The molecule has 1 aliphatic heterocycles. The van der Waals surface area contributed by atoms with Crippen LogP contribution in [-0.4, -0.2) is 30.0 Å². The molecule has 1 amide bonds. The fraction of sp³-hybridized carbons (Fsp3) is 0.409. The van der Waals surface area contributed by atoms with E-state index in [-0.39, 0.29) is 18.2 Å². The molecule has 1 aliphatic rings. The Kier molecular flexibility index (Phi) is 7.14. The van der Waals surface area contributed by atoms with E-state index < -0.39 is 48.1 Å². The second-order valence-electron chi connectivity index (χ2n) is 7.70. The number of amides is 1. The first-order chi connectivity index (χ1) is 14.9. The maximum Gasteiger partial charge on any atom is 0.416 e. The minimum atomic E-state index is -4.92. The number of ether oxygens (including phenoxy) is 1. The summed E-state index contributed by atoms with van der Waals surface area (Å²) in [5.41, 5.74) is 3.17. The molecule has 1 heterocycles. The predicted octanol–water partition coefficient (Wildman–Crippen LogP) is 4.93. The monoisotopic (exact) mass is 460 g/mol. The Hall–Kier alpha value is -2.59. The molecule has 0 aromatic heterocycles. The number of likely N-dealkylation sites (tertiary alicyclic amines) is 1. The Morgan fingerprint density at radius 3 is 2.12 bits per heavy atom. The Labute approximate surface area is 181 Å². The van der Waals surface area contributed by atoms with Crippen molar-refractivity contribution in [3.8, 4) is 0 Å². The summed E-state index contributed by atoms with van der Waals surface area (Å²) in [6, 6.07) is 10.1. The lowest BCUT2D eigenvalue weighted by molar-refractivity contribution is -0.143. The van der Waals surface area contributed by atoms with Crippen molar-refractivity contribution >= 4 is 5.91 Å². The minimum absolute atomic E-state index is 0.0405. The lowest BCUT2D eigenvalue weighted by Gasteiger charge is -2.41. The average Bonchev–Trinajstić information content (AvgIpc) is 2.71. The van der Waals surface area contributed by atoms with Crippen molar-refractivity contribution in [3.05, 3.63) is 70.8 Å². The molecule has 1 fully saturated rings. The van der Waals surface area contributed by atoms with E-state index in [1.807, 2.05) is 23.1 Å². The van der Waals surface area contributed by atoms with Crippen LogP contribution >= 0.6 is 0 Å². The number of nitrogens with zero attached hydrogens (tertiary/aromatic N) is 1. The van der Waals surface area contributed by atoms with Gasteiger partial charge < -0.3 is 10.5 Å². The first-order valence-electron chi connectivity index (χ1n) is 9.92. The molecule has 0 radical (unpaired) electrons. The van der Waals surface area contributed by atoms with Gasteiger partial charge in [0.05, 0.1) is 36.4 Å². The van der Waals surface area contributed by atoms with Gasteiger partial charge in [0.15, 0.2) is 0 Å². The number of carbonyl (C=O) groups is 1. The van der Waals surface area contributed by atoms with Crippen molar-refractivity contribution in [1.29, 1.82) is 0 Å². The number of hydrogen-bond donors (Lipinski definition) is 1. The van der Waals surface area contributed by atoms with Gasteiger partial charge in [-0.1, -0.05) is 30.3 Å². The number of benzene rings is 2. The number of carbonyl (C=O) groups excluding carboxylic acids is 1.